The minimum Gasteiger partial charge on any atom is -0.457 e. The third-order valence-corrected chi connectivity index (χ3v) is 11.0. The molecular weight excluding hydrogens is 752 g/mol. The molecule has 0 radical (unpaired) electrons. The van der Waals surface area contributed by atoms with Gasteiger partial charge in [0.25, 0.3) is 0 Å². The third kappa shape index (κ3) is 22.0. The van der Waals surface area contributed by atoms with E-state index in [2.05, 4.69) is 26.0 Å². The smallest absolute Gasteiger partial charge is 0.306 e. The SMILES string of the molecule is CCCCCCCC/C=C\CCCCCCCCCC(=O)OC(COCCCCCCCCC)COC1OC(COC2OC(CO)C(O)C(O)C2O)C(O)C(O)C1O. The van der Waals surface area contributed by atoms with E-state index in [1.54, 1.807) is 0 Å². The molecule has 2 heterocycles. The molecule has 0 amide bonds. The van der Waals surface area contributed by atoms with Crippen LogP contribution in [-0.4, -0.2) is 142 Å². The molecule has 0 aromatic carbocycles. The van der Waals surface area contributed by atoms with E-state index in [1.807, 2.05) is 0 Å². The highest BCUT2D eigenvalue weighted by atomic mass is 16.7. The van der Waals surface area contributed by atoms with Gasteiger partial charge in [-0.3, -0.25) is 4.79 Å². The van der Waals surface area contributed by atoms with Crippen LogP contribution in [0.4, 0.5) is 0 Å². The molecule has 11 atom stereocenters. The van der Waals surface area contributed by atoms with Gasteiger partial charge in [-0.25, -0.2) is 0 Å². The van der Waals surface area contributed by atoms with Crippen molar-refractivity contribution in [2.24, 2.45) is 0 Å². The Morgan fingerprint density at radius 1 is 0.552 bits per heavy atom. The lowest BCUT2D eigenvalue weighted by molar-refractivity contribution is -0.332. The van der Waals surface area contributed by atoms with Gasteiger partial charge < -0.3 is 64.2 Å². The minimum atomic E-state index is -1.70. The first-order valence-corrected chi connectivity index (χ1v) is 22.8. The minimum absolute atomic E-state index is 0.0629. The van der Waals surface area contributed by atoms with E-state index >= 15 is 0 Å². The highest BCUT2D eigenvalue weighted by molar-refractivity contribution is 5.69. The maximum absolute atomic E-state index is 12.9. The van der Waals surface area contributed by atoms with Gasteiger partial charge in [0.1, 0.15) is 54.9 Å². The predicted octanol–water partition coefficient (Wildman–Crippen LogP) is 5.12. The van der Waals surface area contributed by atoms with Crippen molar-refractivity contribution in [2.45, 2.75) is 229 Å². The van der Waals surface area contributed by atoms with E-state index in [9.17, 15) is 40.5 Å². The number of rotatable bonds is 35. The molecule has 0 aliphatic carbocycles. The summed E-state index contributed by atoms with van der Waals surface area (Å²) in [5.41, 5.74) is 0. The van der Waals surface area contributed by atoms with Crippen LogP contribution in [0.3, 0.4) is 0 Å². The van der Waals surface area contributed by atoms with E-state index in [0.717, 1.165) is 44.9 Å². The summed E-state index contributed by atoms with van der Waals surface area (Å²) in [5.74, 6) is -0.382. The second kappa shape index (κ2) is 33.4. The first-order chi connectivity index (χ1) is 28.1. The molecule has 58 heavy (non-hydrogen) atoms. The van der Waals surface area contributed by atoms with Crippen molar-refractivity contribution in [1.82, 2.24) is 0 Å². The summed E-state index contributed by atoms with van der Waals surface area (Å²) in [5, 5.41) is 71.7. The summed E-state index contributed by atoms with van der Waals surface area (Å²) in [6.07, 6.45) is 14.4. The molecule has 0 aromatic heterocycles. The molecule has 14 nitrogen and oxygen atoms in total. The van der Waals surface area contributed by atoms with Crippen LogP contribution in [0.15, 0.2) is 12.2 Å². The van der Waals surface area contributed by atoms with Crippen LogP contribution in [0, 0.1) is 0 Å². The Bertz CT molecular complexity index is 1020. The lowest BCUT2D eigenvalue weighted by Crippen LogP contribution is -2.61. The molecule has 2 fully saturated rings. The summed E-state index contributed by atoms with van der Waals surface area (Å²) < 4.78 is 34.0. The van der Waals surface area contributed by atoms with E-state index in [0.29, 0.717) is 13.0 Å². The molecule has 14 heteroatoms. The Balaban J connectivity index is 1.77. The van der Waals surface area contributed by atoms with Gasteiger partial charge in [-0.1, -0.05) is 129 Å². The molecule has 11 unspecified atom stereocenters. The van der Waals surface area contributed by atoms with E-state index in [-0.39, 0.29) is 25.6 Å². The van der Waals surface area contributed by atoms with Gasteiger partial charge in [-0.15, -0.1) is 0 Å². The van der Waals surface area contributed by atoms with Crippen molar-refractivity contribution in [1.29, 1.82) is 0 Å². The lowest BCUT2D eigenvalue weighted by Gasteiger charge is -2.42. The van der Waals surface area contributed by atoms with Gasteiger partial charge in [0.15, 0.2) is 12.6 Å². The van der Waals surface area contributed by atoms with Crippen LogP contribution in [-0.2, 0) is 33.2 Å². The zero-order chi connectivity index (χ0) is 42.4. The fourth-order valence-corrected chi connectivity index (χ4v) is 7.22. The zero-order valence-corrected chi connectivity index (χ0v) is 35.8. The Morgan fingerprint density at radius 2 is 1.02 bits per heavy atom. The number of aliphatic hydroxyl groups excluding tert-OH is 7. The number of hydrogen-bond donors (Lipinski definition) is 7. The van der Waals surface area contributed by atoms with Gasteiger partial charge in [0.05, 0.1) is 26.4 Å². The number of ether oxygens (including phenoxy) is 6. The molecule has 0 aromatic rings. The number of allylic oxidation sites excluding steroid dienone is 2. The molecular formula is C44H82O14. The van der Waals surface area contributed by atoms with Gasteiger partial charge >= 0.3 is 5.97 Å². The Hall–Kier alpha value is -1.27. The average molecular weight is 835 g/mol. The summed E-state index contributed by atoms with van der Waals surface area (Å²) in [7, 11) is 0. The second-order valence-corrected chi connectivity index (χ2v) is 16.2. The van der Waals surface area contributed by atoms with Crippen LogP contribution in [0.25, 0.3) is 0 Å². The number of hydrogen-bond acceptors (Lipinski definition) is 14. The van der Waals surface area contributed by atoms with Crippen molar-refractivity contribution in [3.05, 3.63) is 12.2 Å². The van der Waals surface area contributed by atoms with Crippen molar-refractivity contribution in [3.63, 3.8) is 0 Å². The van der Waals surface area contributed by atoms with Crippen molar-refractivity contribution < 1.29 is 69.0 Å². The van der Waals surface area contributed by atoms with E-state index in [4.69, 9.17) is 28.4 Å². The normalized spacial score (nSPS) is 28.3. The molecule has 0 saturated carbocycles. The monoisotopic (exact) mass is 835 g/mol. The fraction of sp³-hybridized carbons (Fsp3) is 0.932. The molecule has 2 aliphatic heterocycles. The summed E-state index contributed by atoms with van der Waals surface area (Å²) in [6, 6.07) is 0. The van der Waals surface area contributed by atoms with Gasteiger partial charge in [-0.05, 0) is 38.5 Å². The summed E-state index contributed by atoms with van der Waals surface area (Å²) in [4.78, 5) is 12.9. The average Bonchev–Trinajstić information content (AvgIpc) is 3.22. The van der Waals surface area contributed by atoms with E-state index < -0.39 is 80.7 Å². The highest BCUT2D eigenvalue weighted by Gasteiger charge is 2.47. The number of esters is 1. The quantitative estimate of drug-likeness (QED) is 0.0251. The number of aliphatic hydroxyl groups is 7. The first-order valence-electron chi connectivity index (χ1n) is 22.8. The molecule has 0 spiro atoms. The molecule has 7 N–H and O–H groups in total. The Kier molecular flexibility index (Phi) is 30.4. The van der Waals surface area contributed by atoms with Crippen molar-refractivity contribution in [2.75, 3.05) is 33.0 Å². The van der Waals surface area contributed by atoms with Crippen molar-refractivity contribution in [3.8, 4) is 0 Å². The standard InChI is InChI=1S/C44H82O14/c1-3-5-7-9-11-12-13-14-15-16-17-18-19-20-21-23-25-27-36(46)56-33(30-53-28-26-24-22-10-8-6-4-2)31-54-43-42(52)40(50)38(48)35(58-43)32-55-44-41(51)39(49)37(47)34(29-45)57-44/h14-15,33-35,37-45,47-52H,3-13,16-32H2,1-2H3/b15-14-. The number of unbranched alkanes of at least 4 members (excludes halogenated alkanes) is 19. The number of carbonyl (C=O) groups excluding carboxylic acids is 1. The first kappa shape index (κ1) is 52.9. The number of carbonyl (C=O) groups is 1. The Labute approximate surface area is 348 Å². The predicted molar refractivity (Wildman–Crippen MR) is 220 cm³/mol. The summed E-state index contributed by atoms with van der Waals surface area (Å²) >= 11 is 0. The van der Waals surface area contributed by atoms with Gasteiger partial charge in [-0.2, -0.15) is 0 Å². The molecule has 2 saturated heterocycles. The summed E-state index contributed by atoms with van der Waals surface area (Å²) in [6.45, 7) is 3.63. The van der Waals surface area contributed by atoms with Gasteiger partial charge in [0.2, 0.25) is 0 Å². The lowest BCUT2D eigenvalue weighted by atomic mass is 9.98. The topological polar surface area (TPSA) is 214 Å². The zero-order valence-electron chi connectivity index (χ0n) is 35.8. The maximum Gasteiger partial charge on any atom is 0.306 e. The molecule has 2 aliphatic rings. The van der Waals surface area contributed by atoms with Crippen LogP contribution < -0.4 is 0 Å². The van der Waals surface area contributed by atoms with Crippen LogP contribution in [0.2, 0.25) is 0 Å². The fourth-order valence-electron chi connectivity index (χ4n) is 7.22. The maximum atomic E-state index is 12.9. The van der Waals surface area contributed by atoms with Crippen LogP contribution in [0.5, 0.6) is 0 Å². The van der Waals surface area contributed by atoms with Crippen LogP contribution in [0.1, 0.15) is 162 Å². The van der Waals surface area contributed by atoms with Gasteiger partial charge in [0, 0.05) is 13.0 Å². The molecule has 342 valence electrons. The largest absolute Gasteiger partial charge is 0.457 e. The highest BCUT2D eigenvalue weighted by Crippen LogP contribution is 2.26. The van der Waals surface area contributed by atoms with Crippen LogP contribution >= 0.6 is 0 Å². The van der Waals surface area contributed by atoms with Crippen molar-refractivity contribution >= 4 is 5.97 Å². The van der Waals surface area contributed by atoms with E-state index in [1.165, 1.54) is 89.9 Å². The second-order valence-electron chi connectivity index (χ2n) is 16.2. The molecule has 0 bridgehead atoms. The molecule has 2 rings (SSSR count). The third-order valence-electron chi connectivity index (χ3n) is 11.0. The Morgan fingerprint density at radius 3 is 1.57 bits per heavy atom.